The molecule has 1 aliphatic rings. The Morgan fingerprint density at radius 2 is 1.76 bits per heavy atom. The Morgan fingerprint density at radius 3 is 2.36 bits per heavy atom. The van der Waals surface area contributed by atoms with Gasteiger partial charge in [-0.05, 0) is 35.7 Å². The lowest BCUT2D eigenvalue weighted by Gasteiger charge is -2.34. The van der Waals surface area contributed by atoms with E-state index in [1.807, 2.05) is 22.4 Å². The second kappa shape index (κ2) is 7.86. The third kappa shape index (κ3) is 4.61. The molecule has 1 aromatic heterocycles. The zero-order valence-electron chi connectivity index (χ0n) is 13.6. The second-order valence-electron chi connectivity index (χ2n) is 5.88. The van der Waals surface area contributed by atoms with E-state index in [0.29, 0.717) is 42.6 Å². The summed E-state index contributed by atoms with van der Waals surface area (Å²) >= 11 is 7.25. The third-order valence-electron chi connectivity index (χ3n) is 4.24. The minimum absolute atomic E-state index is 0.0587. The third-order valence-corrected chi connectivity index (χ3v) is 7.06. The summed E-state index contributed by atoms with van der Waals surface area (Å²) < 4.78 is 24.8. The van der Waals surface area contributed by atoms with Crippen LogP contribution in [0.4, 0.5) is 0 Å². The van der Waals surface area contributed by atoms with Gasteiger partial charge < -0.3 is 4.90 Å². The summed E-state index contributed by atoms with van der Waals surface area (Å²) in [5.74, 6) is 0.122. The van der Waals surface area contributed by atoms with Gasteiger partial charge in [0, 0.05) is 37.7 Å². The quantitative estimate of drug-likeness (QED) is 0.776. The molecule has 0 aliphatic carbocycles. The Labute approximate surface area is 156 Å². The van der Waals surface area contributed by atoms with Crippen LogP contribution in [0.25, 0.3) is 0 Å². The van der Waals surface area contributed by atoms with E-state index in [4.69, 9.17) is 11.6 Å². The molecular weight excluding hydrogens is 380 g/mol. The lowest BCUT2D eigenvalue weighted by atomic mass is 10.3. The van der Waals surface area contributed by atoms with E-state index in [9.17, 15) is 13.2 Å². The summed E-state index contributed by atoms with van der Waals surface area (Å²) in [7, 11) is -3.32. The number of carbonyl (C=O) groups excluding carboxylic acids is 1. The topological polar surface area (TPSA) is 57.7 Å². The Morgan fingerprint density at radius 1 is 1.08 bits per heavy atom. The van der Waals surface area contributed by atoms with E-state index in [1.54, 1.807) is 12.1 Å². The van der Waals surface area contributed by atoms with Gasteiger partial charge in [-0.1, -0.05) is 17.7 Å². The zero-order valence-corrected chi connectivity index (χ0v) is 16.0. The molecule has 0 atom stereocenters. The highest BCUT2D eigenvalue weighted by molar-refractivity contribution is 7.91. The Kier molecular flexibility index (Phi) is 5.78. The maximum atomic E-state index is 12.4. The molecule has 0 N–H and O–H groups in total. The fourth-order valence-corrected chi connectivity index (χ4v) is 4.84. The zero-order chi connectivity index (χ0) is 17.9. The monoisotopic (exact) mass is 398 g/mol. The smallest absolute Gasteiger partial charge is 0.264 e. The molecule has 5 nitrogen and oxygen atoms in total. The summed E-state index contributed by atoms with van der Waals surface area (Å²) in [6.07, 6.45) is 0. The van der Waals surface area contributed by atoms with Gasteiger partial charge in [0.2, 0.25) is 0 Å². The first-order chi connectivity index (χ1) is 12.0. The normalized spacial score (nSPS) is 16.1. The Balaban J connectivity index is 1.51. The molecular formula is C17H19ClN2O3S2. The first-order valence-electron chi connectivity index (χ1n) is 7.99. The molecule has 2 heterocycles. The molecule has 8 heteroatoms. The van der Waals surface area contributed by atoms with Gasteiger partial charge in [0.1, 0.15) is 0 Å². The van der Waals surface area contributed by atoms with Crippen LogP contribution in [0.5, 0.6) is 0 Å². The fraction of sp³-hybridized carbons (Fsp3) is 0.353. The molecule has 1 aromatic carbocycles. The van der Waals surface area contributed by atoms with E-state index in [2.05, 4.69) is 4.90 Å². The number of sulfone groups is 1. The van der Waals surface area contributed by atoms with Gasteiger partial charge in [-0.25, -0.2) is 8.42 Å². The molecule has 1 aliphatic heterocycles. The van der Waals surface area contributed by atoms with Gasteiger partial charge in [0.25, 0.3) is 5.91 Å². The van der Waals surface area contributed by atoms with E-state index in [-0.39, 0.29) is 11.7 Å². The highest BCUT2D eigenvalue weighted by Gasteiger charge is 2.24. The maximum absolute atomic E-state index is 12.4. The van der Waals surface area contributed by atoms with Crippen molar-refractivity contribution in [3.8, 4) is 0 Å². The second-order valence-corrected chi connectivity index (χ2v) is 9.38. The average Bonchev–Trinajstić information content (AvgIpc) is 3.15. The number of hydrogen-bond acceptors (Lipinski definition) is 5. The number of hydrogen-bond donors (Lipinski definition) is 0. The van der Waals surface area contributed by atoms with Crippen molar-refractivity contribution >= 4 is 38.7 Å². The van der Waals surface area contributed by atoms with Crippen LogP contribution < -0.4 is 0 Å². The van der Waals surface area contributed by atoms with Crippen LogP contribution in [-0.4, -0.2) is 62.6 Å². The number of halogens is 1. The van der Waals surface area contributed by atoms with E-state index < -0.39 is 9.84 Å². The van der Waals surface area contributed by atoms with E-state index in [1.165, 1.54) is 23.5 Å². The standard InChI is InChI=1S/C17H19ClN2O3S2/c18-14-3-5-15(6-4-14)25(22,23)13-11-19-7-9-20(10-8-19)17(21)16-2-1-12-24-16/h1-6,12H,7-11,13H2. The van der Waals surface area contributed by atoms with Crippen molar-refractivity contribution in [1.82, 2.24) is 9.80 Å². The van der Waals surface area contributed by atoms with Crippen LogP contribution in [0.3, 0.4) is 0 Å². The van der Waals surface area contributed by atoms with Crippen LogP contribution >= 0.6 is 22.9 Å². The number of piperazine rings is 1. The van der Waals surface area contributed by atoms with E-state index >= 15 is 0 Å². The summed E-state index contributed by atoms with van der Waals surface area (Å²) in [5.41, 5.74) is 0. The summed E-state index contributed by atoms with van der Waals surface area (Å²) in [6.45, 7) is 3.09. The number of nitrogens with zero attached hydrogens (tertiary/aromatic N) is 2. The van der Waals surface area contributed by atoms with Gasteiger partial charge in [-0.3, -0.25) is 9.69 Å². The number of amides is 1. The Hall–Kier alpha value is -1.41. The van der Waals surface area contributed by atoms with Crippen molar-refractivity contribution in [2.24, 2.45) is 0 Å². The van der Waals surface area contributed by atoms with Crippen LogP contribution in [0.2, 0.25) is 5.02 Å². The van der Waals surface area contributed by atoms with Gasteiger partial charge >= 0.3 is 0 Å². The maximum Gasteiger partial charge on any atom is 0.264 e. The van der Waals surface area contributed by atoms with Crippen LogP contribution in [0.15, 0.2) is 46.7 Å². The van der Waals surface area contributed by atoms with Crippen molar-refractivity contribution in [3.63, 3.8) is 0 Å². The van der Waals surface area contributed by atoms with Crippen molar-refractivity contribution < 1.29 is 13.2 Å². The number of rotatable bonds is 5. The van der Waals surface area contributed by atoms with Gasteiger partial charge in [0.15, 0.2) is 9.84 Å². The van der Waals surface area contributed by atoms with Crippen LogP contribution in [-0.2, 0) is 9.84 Å². The molecule has 3 rings (SSSR count). The number of thiophene rings is 1. The molecule has 1 amide bonds. The molecule has 1 saturated heterocycles. The minimum atomic E-state index is -3.32. The molecule has 25 heavy (non-hydrogen) atoms. The molecule has 0 saturated carbocycles. The predicted molar refractivity (Wildman–Crippen MR) is 100 cm³/mol. The molecule has 0 radical (unpaired) electrons. The highest BCUT2D eigenvalue weighted by Crippen LogP contribution is 2.17. The summed E-state index contributed by atoms with van der Waals surface area (Å²) in [5, 5.41) is 2.41. The number of carbonyl (C=O) groups is 1. The first kappa shape index (κ1) is 18.4. The number of benzene rings is 1. The molecule has 1 fully saturated rings. The molecule has 134 valence electrons. The Bertz CT molecular complexity index is 812. The van der Waals surface area contributed by atoms with E-state index in [0.717, 1.165) is 4.88 Å². The van der Waals surface area contributed by atoms with Crippen molar-refractivity contribution in [2.45, 2.75) is 4.90 Å². The molecule has 0 unspecified atom stereocenters. The lowest BCUT2D eigenvalue weighted by Crippen LogP contribution is -2.49. The predicted octanol–water partition coefficient (Wildman–Crippen LogP) is 2.63. The molecule has 2 aromatic rings. The average molecular weight is 399 g/mol. The largest absolute Gasteiger partial charge is 0.335 e. The molecule has 0 spiro atoms. The fourth-order valence-electron chi connectivity index (χ4n) is 2.74. The summed E-state index contributed by atoms with van der Waals surface area (Å²) in [6, 6.07) is 9.95. The summed E-state index contributed by atoms with van der Waals surface area (Å²) in [4.78, 5) is 17.3. The lowest BCUT2D eigenvalue weighted by molar-refractivity contribution is 0.0649. The van der Waals surface area contributed by atoms with Gasteiger partial charge in [-0.2, -0.15) is 0 Å². The van der Waals surface area contributed by atoms with Crippen molar-refractivity contribution in [3.05, 3.63) is 51.7 Å². The van der Waals surface area contributed by atoms with Crippen molar-refractivity contribution in [1.29, 1.82) is 0 Å². The highest BCUT2D eigenvalue weighted by atomic mass is 35.5. The minimum Gasteiger partial charge on any atom is -0.335 e. The van der Waals surface area contributed by atoms with Gasteiger partial charge in [0.05, 0.1) is 15.5 Å². The van der Waals surface area contributed by atoms with Crippen molar-refractivity contribution in [2.75, 3.05) is 38.5 Å². The van der Waals surface area contributed by atoms with Crippen LogP contribution in [0.1, 0.15) is 9.67 Å². The van der Waals surface area contributed by atoms with Gasteiger partial charge in [-0.15, -0.1) is 11.3 Å². The SMILES string of the molecule is O=C(c1cccs1)N1CCN(CCS(=O)(=O)c2ccc(Cl)cc2)CC1. The van der Waals surface area contributed by atoms with Crippen LogP contribution in [0, 0.1) is 0 Å². The first-order valence-corrected chi connectivity index (χ1v) is 10.9. The molecule has 0 bridgehead atoms.